The van der Waals surface area contributed by atoms with Crippen molar-refractivity contribution in [2.75, 3.05) is 7.11 Å². The van der Waals surface area contributed by atoms with Crippen LogP contribution in [0, 0.1) is 0 Å². The van der Waals surface area contributed by atoms with Gasteiger partial charge in [0, 0.05) is 12.5 Å². The molecule has 2 rings (SSSR count). The molecule has 0 saturated heterocycles. The fourth-order valence-corrected chi connectivity index (χ4v) is 2.16. The molecule has 0 radical (unpaired) electrons. The Labute approximate surface area is 114 Å². The molecule has 19 heavy (non-hydrogen) atoms. The zero-order valence-corrected chi connectivity index (χ0v) is 11.1. The molecule has 5 nitrogen and oxygen atoms in total. The van der Waals surface area contributed by atoms with Crippen molar-refractivity contribution < 1.29 is 19.4 Å². The highest BCUT2D eigenvalue weighted by atomic mass is 32.1. The minimum absolute atomic E-state index is 0.0757. The van der Waals surface area contributed by atoms with Gasteiger partial charge in [-0.15, -0.1) is 11.3 Å². The molecule has 1 heterocycles. The lowest BCUT2D eigenvalue weighted by Gasteiger charge is -2.06. The van der Waals surface area contributed by atoms with E-state index in [1.54, 1.807) is 12.5 Å². The van der Waals surface area contributed by atoms with Gasteiger partial charge in [-0.2, -0.15) is 0 Å². The number of hydrogen-bond donors (Lipinski definition) is 1. The van der Waals surface area contributed by atoms with Crippen molar-refractivity contribution in [3.8, 4) is 5.75 Å². The largest absolute Gasteiger partial charge is 0.487 e. The van der Waals surface area contributed by atoms with Crippen molar-refractivity contribution in [3.63, 3.8) is 0 Å². The van der Waals surface area contributed by atoms with Gasteiger partial charge < -0.3 is 14.6 Å². The number of hydrogen-bond acceptors (Lipinski definition) is 5. The van der Waals surface area contributed by atoms with Crippen LogP contribution in [0.1, 0.15) is 21.1 Å². The third-order valence-corrected chi connectivity index (χ3v) is 3.21. The van der Waals surface area contributed by atoms with Crippen LogP contribution in [0.15, 0.2) is 29.6 Å². The Bertz CT molecular complexity index is 567. The second-order valence-electron chi connectivity index (χ2n) is 3.82. The van der Waals surface area contributed by atoms with E-state index < -0.39 is 5.97 Å². The van der Waals surface area contributed by atoms with Crippen molar-refractivity contribution in [3.05, 3.63) is 45.9 Å². The Morgan fingerprint density at radius 3 is 2.95 bits per heavy atom. The van der Waals surface area contributed by atoms with Crippen molar-refractivity contribution >= 4 is 17.3 Å². The first-order chi connectivity index (χ1) is 9.19. The lowest BCUT2D eigenvalue weighted by Crippen LogP contribution is -1.99. The molecule has 0 unspecified atom stereocenters. The van der Waals surface area contributed by atoms with Crippen LogP contribution in [-0.2, 0) is 18.0 Å². The fourth-order valence-electron chi connectivity index (χ4n) is 1.52. The number of nitrogens with zero attached hydrogens (tertiary/aromatic N) is 1. The van der Waals surface area contributed by atoms with Gasteiger partial charge in [0.15, 0.2) is 0 Å². The third kappa shape index (κ3) is 3.77. The first kappa shape index (κ1) is 13.5. The standard InChI is InChI=1S/C13H13NO4S/c1-17-6-9-3-2-4-11(5-9)18-7-10-8-19-12(14-10)13(15)16/h2-5,8H,6-7H2,1H3,(H,15,16). The smallest absolute Gasteiger partial charge is 0.365 e. The van der Waals surface area contributed by atoms with E-state index in [0.29, 0.717) is 18.1 Å². The predicted octanol–water partition coefficient (Wildman–Crippen LogP) is 2.57. The van der Waals surface area contributed by atoms with Gasteiger partial charge in [0.2, 0.25) is 5.01 Å². The van der Waals surface area contributed by atoms with E-state index >= 15 is 0 Å². The second-order valence-corrected chi connectivity index (χ2v) is 4.68. The monoisotopic (exact) mass is 279 g/mol. The van der Waals surface area contributed by atoms with Crippen molar-refractivity contribution in [1.82, 2.24) is 4.98 Å². The van der Waals surface area contributed by atoms with Crippen molar-refractivity contribution in [1.29, 1.82) is 0 Å². The highest BCUT2D eigenvalue weighted by Crippen LogP contribution is 2.17. The molecule has 0 aliphatic carbocycles. The van der Waals surface area contributed by atoms with Crippen LogP contribution in [0.5, 0.6) is 5.75 Å². The Balaban J connectivity index is 1.97. The highest BCUT2D eigenvalue weighted by molar-refractivity contribution is 7.11. The van der Waals surface area contributed by atoms with Crippen molar-refractivity contribution in [2.45, 2.75) is 13.2 Å². The van der Waals surface area contributed by atoms with E-state index in [-0.39, 0.29) is 11.6 Å². The number of methoxy groups -OCH3 is 1. The van der Waals surface area contributed by atoms with Crippen LogP contribution in [0.4, 0.5) is 0 Å². The molecule has 1 N–H and O–H groups in total. The molecule has 2 aromatic rings. The Morgan fingerprint density at radius 1 is 1.42 bits per heavy atom. The number of carbonyl (C=O) groups is 1. The summed E-state index contributed by atoms with van der Waals surface area (Å²) in [6.45, 7) is 0.775. The summed E-state index contributed by atoms with van der Waals surface area (Å²) in [7, 11) is 1.64. The number of carboxylic acids is 1. The van der Waals surface area contributed by atoms with Gasteiger partial charge in [-0.25, -0.2) is 9.78 Å². The number of benzene rings is 1. The maximum absolute atomic E-state index is 10.7. The van der Waals surface area contributed by atoms with E-state index in [4.69, 9.17) is 14.6 Å². The summed E-state index contributed by atoms with van der Waals surface area (Å²) >= 11 is 1.09. The molecule has 0 bridgehead atoms. The quantitative estimate of drug-likeness (QED) is 0.880. The fraction of sp³-hybridized carbons (Fsp3) is 0.231. The Hall–Kier alpha value is -1.92. The molecular formula is C13H13NO4S. The molecule has 100 valence electrons. The van der Waals surface area contributed by atoms with Crippen molar-refractivity contribution in [2.24, 2.45) is 0 Å². The van der Waals surface area contributed by atoms with E-state index in [1.165, 1.54) is 0 Å². The van der Waals surface area contributed by atoms with Crippen LogP contribution < -0.4 is 4.74 Å². The summed E-state index contributed by atoms with van der Waals surface area (Å²) in [4.78, 5) is 14.7. The molecule has 0 atom stereocenters. The zero-order chi connectivity index (χ0) is 13.7. The minimum Gasteiger partial charge on any atom is -0.487 e. The molecule has 1 aromatic heterocycles. The number of carboxylic acid groups (broad SMARTS) is 1. The molecule has 0 amide bonds. The first-order valence-corrected chi connectivity index (χ1v) is 6.45. The molecular weight excluding hydrogens is 266 g/mol. The van der Waals surface area contributed by atoms with Crippen LogP contribution in [0.2, 0.25) is 0 Å². The Kier molecular flexibility index (Phi) is 4.48. The summed E-state index contributed by atoms with van der Waals surface area (Å²) in [6, 6.07) is 7.55. The Morgan fingerprint density at radius 2 is 2.26 bits per heavy atom. The number of rotatable bonds is 6. The summed E-state index contributed by atoms with van der Waals surface area (Å²) in [6.07, 6.45) is 0. The number of aromatic nitrogens is 1. The molecule has 0 fully saturated rings. The van der Waals surface area contributed by atoms with Gasteiger partial charge in [0.25, 0.3) is 0 Å². The summed E-state index contributed by atoms with van der Waals surface area (Å²) in [5.41, 5.74) is 1.63. The van der Waals surface area contributed by atoms with E-state index in [1.807, 2.05) is 24.3 Å². The maximum Gasteiger partial charge on any atom is 0.365 e. The van der Waals surface area contributed by atoms with Crippen LogP contribution >= 0.6 is 11.3 Å². The van der Waals surface area contributed by atoms with E-state index in [2.05, 4.69) is 4.98 Å². The average Bonchev–Trinajstić information content (AvgIpc) is 2.86. The third-order valence-electron chi connectivity index (χ3n) is 2.33. The van der Waals surface area contributed by atoms with Crippen LogP contribution in [-0.4, -0.2) is 23.2 Å². The molecule has 6 heteroatoms. The molecule has 0 saturated carbocycles. The molecule has 1 aromatic carbocycles. The molecule has 0 aliphatic heterocycles. The lowest BCUT2D eigenvalue weighted by molar-refractivity contribution is 0.0696. The van der Waals surface area contributed by atoms with Crippen LogP contribution in [0.25, 0.3) is 0 Å². The van der Waals surface area contributed by atoms with Gasteiger partial charge in [-0.3, -0.25) is 0 Å². The highest BCUT2D eigenvalue weighted by Gasteiger charge is 2.09. The second kappa shape index (κ2) is 6.31. The molecule has 0 aliphatic rings. The van der Waals surface area contributed by atoms with E-state index in [9.17, 15) is 4.79 Å². The topological polar surface area (TPSA) is 68.7 Å². The van der Waals surface area contributed by atoms with Gasteiger partial charge in [0.05, 0.1) is 12.3 Å². The van der Waals surface area contributed by atoms with Gasteiger partial charge >= 0.3 is 5.97 Å². The van der Waals surface area contributed by atoms with E-state index in [0.717, 1.165) is 16.9 Å². The lowest BCUT2D eigenvalue weighted by atomic mass is 10.2. The summed E-state index contributed by atoms with van der Waals surface area (Å²) < 4.78 is 10.6. The summed E-state index contributed by atoms with van der Waals surface area (Å²) in [5, 5.41) is 10.5. The van der Waals surface area contributed by atoms with Gasteiger partial charge in [0.1, 0.15) is 12.4 Å². The number of aromatic carboxylic acids is 1. The SMILES string of the molecule is COCc1cccc(OCc2csc(C(=O)O)n2)c1. The average molecular weight is 279 g/mol. The van der Waals surface area contributed by atoms with Crippen LogP contribution in [0.3, 0.4) is 0 Å². The minimum atomic E-state index is -1.02. The normalized spacial score (nSPS) is 10.4. The number of ether oxygens (including phenoxy) is 2. The first-order valence-electron chi connectivity index (χ1n) is 5.57. The van der Waals surface area contributed by atoms with Gasteiger partial charge in [-0.05, 0) is 17.7 Å². The number of thiazole rings is 1. The predicted molar refractivity (Wildman–Crippen MR) is 70.6 cm³/mol. The van der Waals surface area contributed by atoms with Gasteiger partial charge in [-0.1, -0.05) is 12.1 Å². The molecule has 0 spiro atoms. The maximum atomic E-state index is 10.7. The summed E-state index contributed by atoms with van der Waals surface area (Å²) in [5.74, 6) is -0.308. The zero-order valence-electron chi connectivity index (χ0n) is 10.3.